The molecule has 74 valence electrons. The molecule has 1 aromatic carbocycles. The van der Waals surface area contributed by atoms with Gasteiger partial charge in [0.1, 0.15) is 0 Å². The number of benzene rings is 1. The van der Waals surface area contributed by atoms with Crippen molar-refractivity contribution in [3.05, 3.63) is 35.9 Å². The van der Waals surface area contributed by atoms with Crippen molar-refractivity contribution >= 4 is 13.1 Å². The molecule has 0 atom stereocenters. The van der Waals surface area contributed by atoms with Gasteiger partial charge in [-0.05, 0) is 18.2 Å². The van der Waals surface area contributed by atoms with Crippen LogP contribution in [0.2, 0.25) is 12.6 Å². The van der Waals surface area contributed by atoms with Crippen LogP contribution in [0.5, 0.6) is 0 Å². The van der Waals surface area contributed by atoms with E-state index < -0.39 is 0 Å². The summed E-state index contributed by atoms with van der Waals surface area (Å²) in [6, 6.07) is 9.95. The van der Waals surface area contributed by atoms with E-state index in [2.05, 4.69) is 19.0 Å². The standard InChI is InChI=1S/C11H16BNO/c1-3-12(4-2)14-13-10-11-8-6-5-7-9-11/h5-10H,3-4H2,1-2H3. The molecule has 14 heavy (non-hydrogen) atoms. The van der Waals surface area contributed by atoms with Gasteiger partial charge in [0.25, 0.3) is 0 Å². The molecule has 0 aliphatic rings. The van der Waals surface area contributed by atoms with Crippen molar-refractivity contribution in [3.8, 4) is 0 Å². The van der Waals surface area contributed by atoms with E-state index in [0.717, 1.165) is 18.2 Å². The van der Waals surface area contributed by atoms with E-state index in [9.17, 15) is 0 Å². The topological polar surface area (TPSA) is 21.6 Å². The Bertz CT molecular complexity index is 270. The van der Waals surface area contributed by atoms with Gasteiger partial charge < -0.3 is 4.76 Å². The van der Waals surface area contributed by atoms with E-state index in [1.807, 2.05) is 30.3 Å². The summed E-state index contributed by atoms with van der Waals surface area (Å²) < 4.78 is 5.31. The lowest BCUT2D eigenvalue weighted by Gasteiger charge is -2.04. The Labute approximate surface area is 86.1 Å². The van der Waals surface area contributed by atoms with E-state index in [1.54, 1.807) is 6.21 Å². The van der Waals surface area contributed by atoms with E-state index in [1.165, 1.54) is 0 Å². The normalized spacial score (nSPS) is 10.4. The van der Waals surface area contributed by atoms with Crippen molar-refractivity contribution in [2.24, 2.45) is 5.16 Å². The second-order valence-electron chi connectivity index (χ2n) is 3.19. The van der Waals surface area contributed by atoms with Crippen LogP contribution < -0.4 is 0 Å². The molecular weight excluding hydrogens is 173 g/mol. The molecule has 0 aliphatic heterocycles. The van der Waals surface area contributed by atoms with Gasteiger partial charge in [-0.1, -0.05) is 44.2 Å². The molecule has 0 unspecified atom stereocenters. The van der Waals surface area contributed by atoms with E-state index in [-0.39, 0.29) is 6.92 Å². The summed E-state index contributed by atoms with van der Waals surface area (Å²) in [7, 11) is 0. The molecule has 0 N–H and O–H groups in total. The summed E-state index contributed by atoms with van der Waals surface area (Å²) in [6.07, 6.45) is 3.75. The molecule has 0 amide bonds. The van der Waals surface area contributed by atoms with E-state index in [4.69, 9.17) is 4.76 Å². The number of oxime groups is 1. The van der Waals surface area contributed by atoms with E-state index >= 15 is 0 Å². The monoisotopic (exact) mass is 189 g/mol. The highest BCUT2D eigenvalue weighted by atomic mass is 16.6. The maximum Gasteiger partial charge on any atom is 0.393 e. The summed E-state index contributed by atoms with van der Waals surface area (Å²) in [5.41, 5.74) is 1.07. The highest BCUT2D eigenvalue weighted by molar-refractivity contribution is 6.51. The molecule has 0 aliphatic carbocycles. The molecule has 3 heteroatoms. The Morgan fingerprint density at radius 2 is 1.86 bits per heavy atom. The zero-order valence-electron chi connectivity index (χ0n) is 8.81. The third-order valence-corrected chi connectivity index (χ3v) is 2.12. The summed E-state index contributed by atoms with van der Waals surface area (Å²) in [4.78, 5) is 0. The molecule has 0 bridgehead atoms. The Kier molecular flexibility index (Phi) is 4.83. The van der Waals surface area contributed by atoms with Crippen molar-refractivity contribution < 1.29 is 4.76 Å². The molecule has 1 aromatic rings. The van der Waals surface area contributed by atoms with Crippen LogP contribution in [0, 0.1) is 0 Å². The van der Waals surface area contributed by atoms with Gasteiger partial charge >= 0.3 is 6.92 Å². The average molecular weight is 189 g/mol. The fourth-order valence-electron chi connectivity index (χ4n) is 1.15. The van der Waals surface area contributed by atoms with Crippen molar-refractivity contribution in [2.75, 3.05) is 0 Å². The largest absolute Gasteiger partial charge is 0.470 e. The molecule has 0 radical (unpaired) electrons. The predicted molar refractivity (Wildman–Crippen MR) is 61.8 cm³/mol. The molecule has 0 saturated heterocycles. The van der Waals surface area contributed by atoms with Crippen molar-refractivity contribution in [1.29, 1.82) is 0 Å². The van der Waals surface area contributed by atoms with Crippen LogP contribution in [0.3, 0.4) is 0 Å². The zero-order chi connectivity index (χ0) is 10.2. The van der Waals surface area contributed by atoms with Gasteiger partial charge in [0.15, 0.2) is 0 Å². The SMILES string of the molecule is CCB(CC)ON=Cc1ccccc1. The van der Waals surface area contributed by atoms with Crippen molar-refractivity contribution in [1.82, 2.24) is 0 Å². The minimum atomic E-state index is 0.245. The minimum absolute atomic E-state index is 0.245. The minimum Gasteiger partial charge on any atom is -0.470 e. The number of nitrogens with zero attached hydrogens (tertiary/aromatic N) is 1. The average Bonchev–Trinajstić information content (AvgIpc) is 2.26. The third-order valence-electron chi connectivity index (χ3n) is 2.12. The molecule has 0 heterocycles. The first-order chi connectivity index (χ1) is 6.86. The first-order valence-corrected chi connectivity index (χ1v) is 5.11. The van der Waals surface area contributed by atoms with Gasteiger partial charge in [0.2, 0.25) is 0 Å². The van der Waals surface area contributed by atoms with Gasteiger partial charge in [-0.25, -0.2) is 0 Å². The summed E-state index contributed by atoms with van der Waals surface area (Å²) in [5, 5.41) is 3.96. The lowest BCUT2D eigenvalue weighted by Crippen LogP contribution is -2.11. The molecule has 2 nitrogen and oxygen atoms in total. The molecule has 0 fully saturated rings. The lowest BCUT2D eigenvalue weighted by atomic mass is 9.63. The first-order valence-electron chi connectivity index (χ1n) is 5.11. The Hall–Kier alpha value is -1.25. The molecule has 0 spiro atoms. The fourth-order valence-corrected chi connectivity index (χ4v) is 1.15. The zero-order valence-corrected chi connectivity index (χ0v) is 8.81. The second kappa shape index (κ2) is 6.25. The third kappa shape index (κ3) is 3.65. The van der Waals surface area contributed by atoms with Gasteiger partial charge in [0.05, 0.1) is 6.21 Å². The predicted octanol–water partition coefficient (Wildman–Crippen LogP) is 3.07. The van der Waals surface area contributed by atoms with E-state index in [0.29, 0.717) is 0 Å². The van der Waals surface area contributed by atoms with Gasteiger partial charge in [0, 0.05) is 0 Å². The molecule has 1 rings (SSSR count). The summed E-state index contributed by atoms with van der Waals surface area (Å²) in [5.74, 6) is 0. The summed E-state index contributed by atoms with van der Waals surface area (Å²) in [6.45, 7) is 4.45. The highest BCUT2D eigenvalue weighted by Gasteiger charge is 2.10. The van der Waals surface area contributed by atoms with Gasteiger partial charge in [-0.2, -0.15) is 0 Å². The number of hydrogen-bond acceptors (Lipinski definition) is 2. The van der Waals surface area contributed by atoms with Crippen LogP contribution in [0.4, 0.5) is 0 Å². The Balaban J connectivity index is 2.41. The fraction of sp³-hybridized carbons (Fsp3) is 0.364. The maximum absolute atomic E-state index is 5.31. The molecule has 0 aromatic heterocycles. The number of rotatable bonds is 5. The Morgan fingerprint density at radius 3 is 2.43 bits per heavy atom. The van der Waals surface area contributed by atoms with Crippen molar-refractivity contribution in [2.45, 2.75) is 26.5 Å². The molecular formula is C11H16BNO. The molecule has 0 saturated carbocycles. The van der Waals surface area contributed by atoms with Crippen LogP contribution in [0.1, 0.15) is 19.4 Å². The van der Waals surface area contributed by atoms with Crippen LogP contribution in [-0.2, 0) is 4.76 Å². The van der Waals surface area contributed by atoms with Crippen LogP contribution >= 0.6 is 0 Å². The first kappa shape index (κ1) is 10.8. The quantitative estimate of drug-likeness (QED) is 0.396. The lowest BCUT2D eigenvalue weighted by molar-refractivity contribution is 0.346. The maximum atomic E-state index is 5.31. The number of hydrogen-bond donors (Lipinski definition) is 0. The highest BCUT2D eigenvalue weighted by Crippen LogP contribution is 2.01. The van der Waals surface area contributed by atoms with Crippen LogP contribution in [0.15, 0.2) is 35.5 Å². The van der Waals surface area contributed by atoms with Crippen LogP contribution in [-0.4, -0.2) is 13.1 Å². The smallest absolute Gasteiger partial charge is 0.393 e. The Morgan fingerprint density at radius 1 is 1.21 bits per heavy atom. The second-order valence-corrected chi connectivity index (χ2v) is 3.19. The summed E-state index contributed by atoms with van der Waals surface area (Å²) >= 11 is 0. The van der Waals surface area contributed by atoms with Gasteiger partial charge in [-0.3, -0.25) is 0 Å². The van der Waals surface area contributed by atoms with Crippen LogP contribution in [0.25, 0.3) is 0 Å². The van der Waals surface area contributed by atoms with Gasteiger partial charge in [-0.15, -0.1) is 5.16 Å². The van der Waals surface area contributed by atoms with Crippen molar-refractivity contribution in [3.63, 3.8) is 0 Å².